The maximum absolute atomic E-state index is 12.9. The number of ether oxygens (including phenoxy) is 3. The van der Waals surface area contributed by atoms with Crippen molar-refractivity contribution >= 4 is 17.9 Å². The van der Waals surface area contributed by atoms with Crippen LogP contribution in [0.1, 0.15) is 323 Å². The molecule has 0 saturated carbocycles. The molecule has 0 heterocycles. The van der Waals surface area contributed by atoms with Gasteiger partial charge in [-0.1, -0.05) is 304 Å². The van der Waals surface area contributed by atoms with Crippen molar-refractivity contribution in [3.63, 3.8) is 0 Å². The average molecular weight is 1110 g/mol. The van der Waals surface area contributed by atoms with Crippen molar-refractivity contribution < 1.29 is 28.6 Å². The predicted octanol–water partition coefficient (Wildman–Crippen LogP) is 23.4. The summed E-state index contributed by atoms with van der Waals surface area (Å²) in [7, 11) is 0. The zero-order valence-electron chi connectivity index (χ0n) is 52.6. The quantitative estimate of drug-likeness (QED) is 0.0261. The molecular weight excluding hydrogens is 985 g/mol. The van der Waals surface area contributed by atoms with Crippen LogP contribution in [0.4, 0.5) is 0 Å². The van der Waals surface area contributed by atoms with Crippen LogP contribution < -0.4 is 0 Å². The second-order valence-electron chi connectivity index (χ2n) is 22.4. The second kappa shape index (κ2) is 67.6. The molecule has 6 nitrogen and oxygen atoms in total. The van der Waals surface area contributed by atoms with E-state index in [1.165, 1.54) is 148 Å². The number of allylic oxidation sites excluding steroid dienone is 18. The van der Waals surface area contributed by atoms with Gasteiger partial charge in [0.25, 0.3) is 0 Å². The molecule has 0 fully saturated rings. The van der Waals surface area contributed by atoms with Gasteiger partial charge in [-0.05, 0) is 109 Å². The molecule has 0 aromatic rings. The van der Waals surface area contributed by atoms with Crippen molar-refractivity contribution in [3.8, 4) is 0 Å². The lowest BCUT2D eigenvalue weighted by Gasteiger charge is -2.18. The third kappa shape index (κ3) is 64.9. The first kappa shape index (κ1) is 76.1. The van der Waals surface area contributed by atoms with Crippen molar-refractivity contribution in [2.45, 2.75) is 329 Å². The molecule has 80 heavy (non-hydrogen) atoms. The Balaban J connectivity index is 4.30. The maximum atomic E-state index is 12.9. The third-order valence-corrected chi connectivity index (χ3v) is 14.5. The fourth-order valence-electron chi connectivity index (χ4n) is 9.45. The minimum Gasteiger partial charge on any atom is -0.462 e. The summed E-state index contributed by atoms with van der Waals surface area (Å²) in [6.45, 7) is 6.52. The van der Waals surface area contributed by atoms with E-state index in [1.54, 1.807) is 0 Å². The van der Waals surface area contributed by atoms with Gasteiger partial charge in [0.15, 0.2) is 6.10 Å². The number of carbonyl (C=O) groups is 3. The highest BCUT2D eigenvalue weighted by atomic mass is 16.6. The van der Waals surface area contributed by atoms with Crippen molar-refractivity contribution in [2.75, 3.05) is 13.2 Å². The van der Waals surface area contributed by atoms with E-state index < -0.39 is 6.10 Å². The number of hydrogen-bond acceptors (Lipinski definition) is 6. The smallest absolute Gasteiger partial charge is 0.306 e. The van der Waals surface area contributed by atoms with Gasteiger partial charge in [-0.2, -0.15) is 0 Å². The summed E-state index contributed by atoms with van der Waals surface area (Å²) in [5.41, 5.74) is 0. The highest BCUT2D eigenvalue weighted by molar-refractivity contribution is 5.71. The Morgan fingerprint density at radius 2 is 0.487 bits per heavy atom. The molecule has 6 heteroatoms. The summed E-state index contributed by atoms with van der Waals surface area (Å²) in [6, 6.07) is 0. The lowest BCUT2D eigenvalue weighted by Crippen LogP contribution is -2.30. The van der Waals surface area contributed by atoms with Gasteiger partial charge in [-0.3, -0.25) is 14.4 Å². The molecule has 0 saturated heterocycles. The van der Waals surface area contributed by atoms with Crippen LogP contribution >= 0.6 is 0 Å². The number of rotatable bonds is 61. The maximum Gasteiger partial charge on any atom is 0.306 e. The first-order valence-corrected chi connectivity index (χ1v) is 33.9. The molecule has 0 N–H and O–H groups in total. The topological polar surface area (TPSA) is 78.9 Å². The van der Waals surface area contributed by atoms with E-state index in [9.17, 15) is 14.4 Å². The molecule has 458 valence electrons. The van der Waals surface area contributed by atoms with E-state index in [1.807, 2.05) is 0 Å². The fourth-order valence-corrected chi connectivity index (χ4v) is 9.45. The van der Waals surface area contributed by atoms with Gasteiger partial charge < -0.3 is 14.2 Å². The normalized spacial score (nSPS) is 12.8. The summed E-state index contributed by atoms with van der Waals surface area (Å²) < 4.78 is 16.9. The number of hydrogen-bond donors (Lipinski definition) is 0. The van der Waals surface area contributed by atoms with Crippen LogP contribution in [0.2, 0.25) is 0 Å². The molecular formula is C74H126O6. The molecule has 0 aliphatic heterocycles. The first-order chi connectivity index (χ1) is 39.5. The summed E-state index contributed by atoms with van der Waals surface area (Å²) in [5, 5.41) is 0. The molecule has 0 radical (unpaired) electrons. The highest BCUT2D eigenvalue weighted by Crippen LogP contribution is 2.16. The Labute approximate surface area is 495 Å². The van der Waals surface area contributed by atoms with Crippen LogP contribution in [-0.4, -0.2) is 37.2 Å². The molecule has 0 aromatic carbocycles. The minimum absolute atomic E-state index is 0.0827. The standard InChI is InChI=1S/C74H126O6/c1-4-7-10-13-16-19-22-25-28-30-31-32-33-34-35-36-37-38-39-40-41-42-43-44-47-49-52-55-58-61-64-67-73(76)79-70-71(69-78-72(75)66-63-60-57-54-51-48-45-27-24-21-18-15-12-9-6-3)80-74(77)68-65-62-59-56-53-50-46-29-26-23-20-17-14-11-8-5-2/h7,10,16,19-20,23,25,28-29,31-32,34-35,37-38,40-41,46,71H,4-6,8-9,11-15,17-18,21-22,24,26-27,30,33,36,39,42-45,47-70H2,1-3H3/b10-7-,19-16-,23-20-,28-25-,32-31-,35-34-,38-37-,41-40-,46-29-. The number of esters is 3. The highest BCUT2D eigenvalue weighted by Gasteiger charge is 2.19. The molecule has 0 amide bonds. The van der Waals surface area contributed by atoms with Crippen LogP contribution in [0.15, 0.2) is 109 Å². The summed E-state index contributed by atoms with van der Waals surface area (Å²) >= 11 is 0. The molecule has 1 atom stereocenters. The Hall–Kier alpha value is -3.93. The lowest BCUT2D eigenvalue weighted by molar-refractivity contribution is -0.167. The van der Waals surface area contributed by atoms with E-state index in [0.717, 1.165) is 135 Å². The first-order valence-electron chi connectivity index (χ1n) is 33.9. The zero-order chi connectivity index (χ0) is 57.8. The number of unbranched alkanes of at least 4 members (excludes halogenated alkanes) is 32. The van der Waals surface area contributed by atoms with Crippen LogP contribution in [0.3, 0.4) is 0 Å². The lowest BCUT2D eigenvalue weighted by atomic mass is 10.0. The summed E-state index contributed by atoms with van der Waals surface area (Å²) in [4.78, 5) is 38.4. The molecule has 0 rings (SSSR count). The SMILES string of the molecule is CC/C=C\C/C=C\C/C=C\C/C=C\C/C=C\C/C=C\C/C=C\CCCCCCCCCCCC(=O)OCC(COC(=O)CCCCCCCCCCCCCCCCC)OC(=O)CCCCCCC/C=C\C/C=C\CCCCCC. The van der Waals surface area contributed by atoms with Crippen LogP contribution in [0.5, 0.6) is 0 Å². The van der Waals surface area contributed by atoms with Gasteiger partial charge in [0.05, 0.1) is 0 Å². The van der Waals surface area contributed by atoms with Crippen LogP contribution in [0, 0.1) is 0 Å². The van der Waals surface area contributed by atoms with Crippen LogP contribution in [-0.2, 0) is 28.6 Å². The summed E-state index contributed by atoms with van der Waals surface area (Å²) in [6.07, 6.45) is 92.4. The molecule has 0 aromatic heterocycles. The Kier molecular flexibility index (Phi) is 64.3. The predicted molar refractivity (Wildman–Crippen MR) is 348 cm³/mol. The van der Waals surface area contributed by atoms with Gasteiger partial charge >= 0.3 is 17.9 Å². The van der Waals surface area contributed by atoms with E-state index in [0.29, 0.717) is 19.3 Å². The summed E-state index contributed by atoms with van der Waals surface area (Å²) in [5.74, 6) is -0.891. The van der Waals surface area contributed by atoms with Crippen molar-refractivity contribution in [3.05, 3.63) is 109 Å². The van der Waals surface area contributed by atoms with Gasteiger partial charge in [0, 0.05) is 19.3 Å². The Morgan fingerprint density at radius 1 is 0.263 bits per heavy atom. The second-order valence-corrected chi connectivity index (χ2v) is 22.4. The van der Waals surface area contributed by atoms with Gasteiger partial charge in [0.2, 0.25) is 0 Å². The van der Waals surface area contributed by atoms with Gasteiger partial charge in [-0.15, -0.1) is 0 Å². The van der Waals surface area contributed by atoms with Gasteiger partial charge in [-0.25, -0.2) is 0 Å². The average Bonchev–Trinajstić information content (AvgIpc) is 3.46. The van der Waals surface area contributed by atoms with E-state index >= 15 is 0 Å². The molecule has 0 spiro atoms. The van der Waals surface area contributed by atoms with E-state index in [2.05, 4.69) is 130 Å². The minimum atomic E-state index is -0.788. The molecule has 0 aliphatic carbocycles. The van der Waals surface area contributed by atoms with Crippen molar-refractivity contribution in [1.29, 1.82) is 0 Å². The third-order valence-electron chi connectivity index (χ3n) is 14.5. The largest absolute Gasteiger partial charge is 0.462 e. The van der Waals surface area contributed by atoms with E-state index in [4.69, 9.17) is 14.2 Å². The van der Waals surface area contributed by atoms with Gasteiger partial charge in [0.1, 0.15) is 13.2 Å². The number of carbonyl (C=O) groups excluding carboxylic acids is 3. The van der Waals surface area contributed by atoms with Crippen molar-refractivity contribution in [1.82, 2.24) is 0 Å². The van der Waals surface area contributed by atoms with Crippen LogP contribution in [0.25, 0.3) is 0 Å². The van der Waals surface area contributed by atoms with E-state index in [-0.39, 0.29) is 31.1 Å². The molecule has 0 bridgehead atoms. The monoisotopic (exact) mass is 1110 g/mol. The molecule has 1 unspecified atom stereocenters. The Morgan fingerprint density at radius 3 is 0.775 bits per heavy atom. The molecule has 0 aliphatic rings. The zero-order valence-corrected chi connectivity index (χ0v) is 52.6. The fraction of sp³-hybridized carbons (Fsp3) is 0.716. The van der Waals surface area contributed by atoms with Crippen molar-refractivity contribution in [2.24, 2.45) is 0 Å². The Bertz CT molecular complexity index is 1610.